The number of para-hydroxylation sites is 1. The average Bonchev–Trinajstić information content (AvgIpc) is 3.00. The molecular weight excluding hydrogens is 397 g/mol. The van der Waals surface area contributed by atoms with E-state index in [1.165, 1.54) is 18.3 Å². The molecule has 1 aromatic carbocycles. The van der Waals surface area contributed by atoms with Gasteiger partial charge in [-0.25, -0.2) is 9.97 Å². The van der Waals surface area contributed by atoms with E-state index < -0.39 is 17.8 Å². The Balaban J connectivity index is 1.74. The summed E-state index contributed by atoms with van der Waals surface area (Å²) >= 11 is 2.08. The summed E-state index contributed by atoms with van der Waals surface area (Å²) in [5, 5.41) is 12.1. The number of thioether (sulfide) groups is 1. The van der Waals surface area contributed by atoms with Crippen molar-refractivity contribution >= 4 is 44.4 Å². The van der Waals surface area contributed by atoms with E-state index in [-0.39, 0.29) is 21.9 Å². The van der Waals surface area contributed by atoms with Crippen molar-refractivity contribution < 1.29 is 18.0 Å². The molecule has 0 aliphatic heterocycles. The first-order valence-electron chi connectivity index (χ1n) is 7.55. The molecule has 27 heavy (non-hydrogen) atoms. The molecule has 0 spiro atoms. The molecule has 0 radical (unpaired) electrons. The summed E-state index contributed by atoms with van der Waals surface area (Å²) in [6.45, 7) is 1.40. The third kappa shape index (κ3) is 4.37. The van der Waals surface area contributed by atoms with Crippen molar-refractivity contribution in [1.29, 1.82) is 5.26 Å². The number of anilines is 1. The van der Waals surface area contributed by atoms with E-state index in [2.05, 4.69) is 15.3 Å². The molecule has 5 nitrogen and oxygen atoms in total. The number of carbonyl (C=O) groups is 1. The van der Waals surface area contributed by atoms with Crippen LogP contribution < -0.4 is 5.32 Å². The SMILES string of the molecule is Cc1cc(C(F)(F)F)nc(SCC(=O)Nc2nc3ccccc3s2)c1C#N. The fourth-order valence-electron chi connectivity index (χ4n) is 2.24. The zero-order valence-corrected chi connectivity index (χ0v) is 15.4. The smallest absolute Gasteiger partial charge is 0.301 e. The molecule has 3 aromatic rings. The summed E-state index contributed by atoms with van der Waals surface area (Å²) in [4.78, 5) is 19.9. The molecule has 3 rings (SSSR count). The monoisotopic (exact) mass is 408 g/mol. The Kier molecular flexibility index (Phi) is 5.34. The van der Waals surface area contributed by atoms with Crippen molar-refractivity contribution in [2.24, 2.45) is 0 Å². The largest absolute Gasteiger partial charge is 0.433 e. The van der Waals surface area contributed by atoms with Gasteiger partial charge in [-0.1, -0.05) is 35.2 Å². The molecule has 138 valence electrons. The number of nitriles is 1. The molecule has 0 unspecified atom stereocenters. The number of halogens is 3. The van der Waals surface area contributed by atoms with Crippen LogP contribution in [0.4, 0.5) is 18.3 Å². The highest BCUT2D eigenvalue weighted by atomic mass is 32.2. The molecule has 2 heterocycles. The molecular formula is C17H11F3N4OS2. The molecule has 0 saturated heterocycles. The summed E-state index contributed by atoms with van der Waals surface area (Å²) in [7, 11) is 0. The number of benzene rings is 1. The van der Waals surface area contributed by atoms with Crippen molar-refractivity contribution in [2.45, 2.75) is 18.1 Å². The van der Waals surface area contributed by atoms with Gasteiger partial charge in [0.1, 0.15) is 16.8 Å². The second kappa shape index (κ2) is 7.54. The number of fused-ring (bicyclic) bond motifs is 1. The standard InChI is InChI=1S/C17H11F3N4OS2/c1-9-6-13(17(18,19)20)23-15(10(9)7-21)26-8-14(25)24-16-22-11-4-2-3-5-12(11)27-16/h2-6H,8H2,1H3,(H,22,24,25). The zero-order chi connectivity index (χ0) is 19.6. The Hall–Kier alpha value is -2.64. The highest BCUT2D eigenvalue weighted by Crippen LogP contribution is 2.32. The number of carbonyl (C=O) groups excluding carboxylic acids is 1. The van der Waals surface area contributed by atoms with Gasteiger partial charge in [-0.15, -0.1) is 0 Å². The van der Waals surface area contributed by atoms with Crippen LogP contribution in [-0.2, 0) is 11.0 Å². The number of thiazole rings is 1. The summed E-state index contributed by atoms with van der Waals surface area (Å²) < 4.78 is 39.7. The summed E-state index contributed by atoms with van der Waals surface area (Å²) in [5.41, 5.74) is -0.157. The fraction of sp³-hybridized carbons (Fsp3) is 0.176. The van der Waals surface area contributed by atoms with Crippen LogP contribution in [-0.4, -0.2) is 21.6 Å². The number of hydrogen-bond donors (Lipinski definition) is 1. The maximum Gasteiger partial charge on any atom is 0.433 e. The first kappa shape index (κ1) is 19.1. The van der Waals surface area contributed by atoms with Gasteiger partial charge >= 0.3 is 6.18 Å². The van der Waals surface area contributed by atoms with Gasteiger partial charge in [-0.2, -0.15) is 18.4 Å². The topological polar surface area (TPSA) is 78.7 Å². The van der Waals surface area contributed by atoms with Gasteiger partial charge in [0.25, 0.3) is 0 Å². The Morgan fingerprint density at radius 2 is 2.07 bits per heavy atom. The highest BCUT2D eigenvalue weighted by Gasteiger charge is 2.34. The number of alkyl halides is 3. The Morgan fingerprint density at radius 3 is 2.74 bits per heavy atom. The van der Waals surface area contributed by atoms with Gasteiger partial charge in [-0.3, -0.25) is 4.79 Å². The van der Waals surface area contributed by atoms with Crippen LogP contribution in [0.25, 0.3) is 10.2 Å². The number of aryl methyl sites for hydroxylation is 1. The van der Waals surface area contributed by atoms with Gasteiger partial charge < -0.3 is 5.32 Å². The van der Waals surface area contributed by atoms with Crippen LogP contribution in [0.2, 0.25) is 0 Å². The maximum absolute atomic E-state index is 12.9. The second-order valence-electron chi connectivity index (χ2n) is 5.44. The Labute approximate surface area is 160 Å². The number of pyridine rings is 1. The van der Waals surface area contributed by atoms with Gasteiger partial charge in [0, 0.05) is 0 Å². The van der Waals surface area contributed by atoms with Crippen molar-refractivity contribution in [3.05, 3.63) is 47.2 Å². The molecule has 1 amide bonds. The molecule has 0 fully saturated rings. The third-order valence-electron chi connectivity index (χ3n) is 3.47. The van der Waals surface area contributed by atoms with Crippen LogP contribution in [0.3, 0.4) is 0 Å². The predicted molar refractivity (Wildman–Crippen MR) is 97.7 cm³/mol. The summed E-state index contributed by atoms with van der Waals surface area (Å²) in [6.07, 6.45) is -4.63. The number of nitrogens with zero attached hydrogens (tertiary/aromatic N) is 3. The van der Waals surface area contributed by atoms with Crippen molar-refractivity contribution in [3.63, 3.8) is 0 Å². The molecule has 0 aliphatic carbocycles. The van der Waals surface area contributed by atoms with E-state index in [0.717, 1.165) is 28.0 Å². The number of rotatable bonds is 4. The summed E-state index contributed by atoms with van der Waals surface area (Å²) in [5.74, 6) is -0.641. The van der Waals surface area contributed by atoms with E-state index >= 15 is 0 Å². The molecule has 0 saturated carbocycles. The van der Waals surface area contributed by atoms with E-state index in [1.54, 1.807) is 0 Å². The van der Waals surface area contributed by atoms with Crippen LogP contribution in [0, 0.1) is 18.3 Å². The second-order valence-corrected chi connectivity index (χ2v) is 7.43. The van der Waals surface area contributed by atoms with Gasteiger partial charge in [0.15, 0.2) is 5.13 Å². The lowest BCUT2D eigenvalue weighted by Gasteiger charge is -2.11. The van der Waals surface area contributed by atoms with E-state index in [1.807, 2.05) is 30.3 Å². The Morgan fingerprint density at radius 1 is 1.33 bits per heavy atom. The van der Waals surface area contributed by atoms with Gasteiger partial charge in [0.2, 0.25) is 5.91 Å². The lowest BCUT2D eigenvalue weighted by atomic mass is 10.1. The first-order chi connectivity index (χ1) is 12.8. The molecule has 0 atom stereocenters. The van der Waals surface area contributed by atoms with Crippen molar-refractivity contribution in [3.8, 4) is 6.07 Å². The van der Waals surface area contributed by atoms with Crippen LogP contribution in [0.1, 0.15) is 16.8 Å². The maximum atomic E-state index is 12.9. The van der Waals surface area contributed by atoms with Crippen molar-refractivity contribution in [1.82, 2.24) is 9.97 Å². The first-order valence-corrected chi connectivity index (χ1v) is 9.35. The number of nitrogens with one attached hydrogen (secondary N) is 1. The quantitative estimate of drug-likeness (QED) is 0.637. The lowest BCUT2D eigenvalue weighted by Crippen LogP contribution is -2.15. The minimum Gasteiger partial charge on any atom is -0.301 e. The van der Waals surface area contributed by atoms with E-state index in [0.29, 0.717) is 5.13 Å². The van der Waals surface area contributed by atoms with Crippen LogP contribution in [0.15, 0.2) is 35.4 Å². The molecule has 10 heteroatoms. The third-order valence-corrected chi connectivity index (χ3v) is 5.39. The molecule has 2 aromatic heterocycles. The molecule has 0 bridgehead atoms. The van der Waals surface area contributed by atoms with Crippen LogP contribution >= 0.6 is 23.1 Å². The minimum atomic E-state index is -4.63. The molecule has 0 aliphatic rings. The Bertz CT molecular complexity index is 1020. The van der Waals surface area contributed by atoms with Crippen LogP contribution in [0.5, 0.6) is 0 Å². The highest BCUT2D eigenvalue weighted by molar-refractivity contribution is 8.00. The normalized spacial score (nSPS) is 11.4. The van der Waals surface area contributed by atoms with E-state index in [4.69, 9.17) is 0 Å². The number of amides is 1. The zero-order valence-electron chi connectivity index (χ0n) is 13.8. The summed E-state index contributed by atoms with van der Waals surface area (Å²) in [6, 6.07) is 10.0. The van der Waals surface area contributed by atoms with Gasteiger partial charge in [-0.05, 0) is 30.7 Å². The average molecular weight is 408 g/mol. The lowest BCUT2D eigenvalue weighted by molar-refractivity contribution is -0.141. The van der Waals surface area contributed by atoms with Crippen molar-refractivity contribution in [2.75, 3.05) is 11.1 Å². The van der Waals surface area contributed by atoms with E-state index in [9.17, 15) is 23.2 Å². The number of hydrogen-bond acceptors (Lipinski definition) is 6. The number of aromatic nitrogens is 2. The molecule has 1 N–H and O–H groups in total. The van der Waals surface area contributed by atoms with Gasteiger partial charge in [0.05, 0.1) is 21.5 Å². The minimum absolute atomic E-state index is 0.0285. The predicted octanol–water partition coefficient (Wildman–Crippen LogP) is 4.62. The fourth-order valence-corrected chi connectivity index (χ4v) is 3.98.